The van der Waals surface area contributed by atoms with E-state index < -0.39 is 16.1 Å². The number of hydrogen-bond acceptors (Lipinski definition) is 3. The first-order chi connectivity index (χ1) is 11.0. The van der Waals surface area contributed by atoms with E-state index in [1.165, 1.54) is 6.07 Å². The molecule has 2 amide bonds. The van der Waals surface area contributed by atoms with Crippen LogP contribution >= 0.6 is 11.6 Å². The maximum Gasteiger partial charge on any atom is 0.336 e. The summed E-state index contributed by atoms with van der Waals surface area (Å²) in [5, 5.41) is 3.13. The molecule has 3 rings (SSSR count). The van der Waals surface area contributed by atoms with Crippen molar-refractivity contribution in [2.45, 2.75) is 4.90 Å². The molecular formula is C16H11ClN2O3S. The Bertz CT molecular complexity index is 928. The van der Waals surface area contributed by atoms with Gasteiger partial charge in [-0.3, -0.25) is 0 Å². The smallest absolute Gasteiger partial charge is 0.306 e. The van der Waals surface area contributed by atoms with Gasteiger partial charge in [0.1, 0.15) is 11.4 Å². The number of para-hydroxylation sites is 1. The summed E-state index contributed by atoms with van der Waals surface area (Å²) in [5.74, 6) is 5.51. The van der Waals surface area contributed by atoms with E-state index in [1.807, 2.05) is 0 Å². The van der Waals surface area contributed by atoms with Gasteiger partial charge in [0.25, 0.3) is 10.0 Å². The third kappa shape index (κ3) is 3.02. The largest absolute Gasteiger partial charge is 0.336 e. The average molecular weight is 347 g/mol. The van der Waals surface area contributed by atoms with Crippen LogP contribution < -0.4 is 5.32 Å². The summed E-state index contributed by atoms with van der Waals surface area (Å²) in [7, 11) is -3.90. The summed E-state index contributed by atoms with van der Waals surface area (Å²) in [4.78, 5) is 12.1. The lowest BCUT2D eigenvalue weighted by Gasteiger charge is -2.27. The Hall–Kier alpha value is -2.49. The normalized spacial score (nSPS) is 15.2. The van der Waals surface area contributed by atoms with Gasteiger partial charge < -0.3 is 5.32 Å². The first kappa shape index (κ1) is 15.4. The van der Waals surface area contributed by atoms with Crippen LogP contribution in [0.1, 0.15) is 5.56 Å². The first-order valence-corrected chi connectivity index (χ1v) is 8.47. The number of amides is 2. The number of benzene rings is 2. The lowest BCUT2D eigenvalue weighted by atomic mass is 10.2. The van der Waals surface area contributed by atoms with Crippen molar-refractivity contribution in [3.8, 4) is 11.8 Å². The topological polar surface area (TPSA) is 66.5 Å². The highest BCUT2D eigenvalue weighted by atomic mass is 35.5. The van der Waals surface area contributed by atoms with Crippen LogP contribution in [0.3, 0.4) is 0 Å². The highest BCUT2D eigenvalue weighted by Crippen LogP contribution is 2.29. The molecule has 0 aromatic heterocycles. The maximum atomic E-state index is 12.5. The predicted octanol–water partition coefficient (Wildman–Crippen LogP) is 2.93. The second-order valence-corrected chi connectivity index (χ2v) is 7.01. The predicted molar refractivity (Wildman–Crippen MR) is 87.7 cm³/mol. The minimum atomic E-state index is -3.90. The Morgan fingerprint density at radius 2 is 1.78 bits per heavy atom. The molecule has 0 radical (unpaired) electrons. The first-order valence-electron chi connectivity index (χ1n) is 6.66. The number of nitrogens with zero attached hydrogens (tertiary/aromatic N) is 1. The van der Waals surface area contributed by atoms with Crippen LogP contribution in [0.5, 0.6) is 0 Å². The second kappa shape index (κ2) is 5.95. The monoisotopic (exact) mass is 346 g/mol. The van der Waals surface area contributed by atoms with Gasteiger partial charge in [-0.05, 0) is 36.4 Å². The SMILES string of the molecule is O=C1Nc2ccccc2S(=O)(=O)N1CC#Cc1ccc(Cl)cc1. The van der Waals surface area contributed by atoms with Gasteiger partial charge in [0, 0.05) is 10.6 Å². The number of anilines is 1. The summed E-state index contributed by atoms with van der Waals surface area (Å²) < 4.78 is 25.7. The molecule has 0 atom stereocenters. The number of carbonyl (C=O) groups is 1. The van der Waals surface area contributed by atoms with E-state index in [4.69, 9.17) is 11.6 Å². The van der Waals surface area contributed by atoms with Gasteiger partial charge in [0.05, 0.1) is 5.69 Å². The molecule has 0 fully saturated rings. The van der Waals surface area contributed by atoms with Gasteiger partial charge in [0.15, 0.2) is 0 Å². The van der Waals surface area contributed by atoms with Crippen LogP contribution in [-0.2, 0) is 10.0 Å². The van der Waals surface area contributed by atoms with Gasteiger partial charge in [0.2, 0.25) is 0 Å². The number of rotatable bonds is 1. The van der Waals surface area contributed by atoms with E-state index in [-0.39, 0.29) is 17.1 Å². The Morgan fingerprint density at radius 1 is 1.09 bits per heavy atom. The zero-order chi connectivity index (χ0) is 16.4. The Labute approximate surface area is 138 Å². The third-order valence-electron chi connectivity index (χ3n) is 3.22. The summed E-state index contributed by atoms with van der Waals surface area (Å²) in [6.45, 7) is -0.231. The summed E-state index contributed by atoms with van der Waals surface area (Å²) in [6.07, 6.45) is 0. The van der Waals surface area contributed by atoms with E-state index in [1.54, 1.807) is 42.5 Å². The van der Waals surface area contributed by atoms with Gasteiger partial charge in [-0.25, -0.2) is 17.5 Å². The van der Waals surface area contributed by atoms with Crippen molar-refractivity contribution < 1.29 is 13.2 Å². The highest BCUT2D eigenvalue weighted by molar-refractivity contribution is 7.90. The fourth-order valence-electron chi connectivity index (χ4n) is 2.10. The van der Waals surface area contributed by atoms with Crippen molar-refractivity contribution in [2.75, 3.05) is 11.9 Å². The van der Waals surface area contributed by atoms with E-state index in [2.05, 4.69) is 17.2 Å². The summed E-state index contributed by atoms with van der Waals surface area (Å²) in [5.41, 5.74) is 0.962. The molecule has 0 spiro atoms. The molecule has 23 heavy (non-hydrogen) atoms. The van der Waals surface area contributed by atoms with Crippen molar-refractivity contribution in [2.24, 2.45) is 0 Å². The molecule has 0 saturated carbocycles. The number of urea groups is 1. The minimum Gasteiger partial charge on any atom is -0.306 e. The fourth-order valence-corrected chi connectivity index (χ4v) is 3.61. The molecule has 5 nitrogen and oxygen atoms in total. The second-order valence-electron chi connectivity index (χ2n) is 4.75. The number of nitrogens with one attached hydrogen (secondary N) is 1. The molecule has 1 N–H and O–H groups in total. The van der Waals surface area contributed by atoms with Gasteiger partial charge in [-0.1, -0.05) is 35.6 Å². The molecule has 2 aromatic carbocycles. The molecule has 0 bridgehead atoms. The number of sulfonamides is 1. The van der Waals surface area contributed by atoms with E-state index in [0.29, 0.717) is 10.6 Å². The number of hydrogen-bond donors (Lipinski definition) is 1. The van der Waals surface area contributed by atoms with Crippen LogP contribution in [0.25, 0.3) is 0 Å². The van der Waals surface area contributed by atoms with Crippen molar-refractivity contribution in [1.82, 2.24) is 4.31 Å². The molecule has 1 heterocycles. The van der Waals surface area contributed by atoms with Crippen LogP contribution in [-0.4, -0.2) is 25.3 Å². The molecule has 0 saturated heterocycles. The maximum absolute atomic E-state index is 12.5. The molecule has 7 heteroatoms. The van der Waals surface area contributed by atoms with Crippen molar-refractivity contribution in [3.05, 3.63) is 59.1 Å². The zero-order valence-corrected chi connectivity index (χ0v) is 13.4. The third-order valence-corrected chi connectivity index (χ3v) is 5.26. The lowest BCUT2D eigenvalue weighted by Crippen LogP contribution is -2.44. The summed E-state index contributed by atoms with van der Waals surface area (Å²) >= 11 is 5.78. The molecule has 0 aliphatic carbocycles. The van der Waals surface area contributed by atoms with E-state index >= 15 is 0 Å². The molecule has 1 aliphatic heterocycles. The molecular weight excluding hydrogens is 336 g/mol. The molecule has 2 aromatic rings. The Balaban J connectivity index is 1.87. The fraction of sp³-hybridized carbons (Fsp3) is 0.0625. The van der Waals surface area contributed by atoms with Gasteiger partial charge in [-0.2, -0.15) is 0 Å². The standard InChI is InChI=1S/C16H11ClN2O3S/c17-13-9-7-12(8-10-13)4-3-11-19-16(20)18-14-5-1-2-6-15(14)23(19,21)22/h1-2,5-10H,11H2,(H,18,20). The molecule has 1 aliphatic rings. The Kier molecular flexibility index (Phi) is 3.99. The van der Waals surface area contributed by atoms with Crippen LogP contribution in [0.15, 0.2) is 53.4 Å². The molecule has 116 valence electrons. The van der Waals surface area contributed by atoms with Crippen LogP contribution in [0.4, 0.5) is 10.5 Å². The lowest BCUT2D eigenvalue weighted by molar-refractivity contribution is 0.237. The van der Waals surface area contributed by atoms with Crippen molar-refractivity contribution in [1.29, 1.82) is 0 Å². The minimum absolute atomic E-state index is 0.0629. The van der Waals surface area contributed by atoms with Gasteiger partial charge >= 0.3 is 6.03 Å². The van der Waals surface area contributed by atoms with E-state index in [9.17, 15) is 13.2 Å². The number of carbonyl (C=O) groups excluding carboxylic acids is 1. The quantitative estimate of drug-likeness (QED) is 0.807. The molecule has 0 unspecified atom stereocenters. The van der Waals surface area contributed by atoms with Gasteiger partial charge in [-0.15, -0.1) is 0 Å². The average Bonchev–Trinajstić information content (AvgIpc) is 2.52. The zero-order valence-electron chi connectivity index (χ0n) is 11.8. The Morgan fingerprint density at radius 3 is 2.52 bits per heavy atom. The number of halogens is 1. The highest BCUT2D eigenvalue weighted by Gasteiger charge is 2.35. The van der Waals surface area contributed by atoms with Crippen molar-refractivity contribution in [3.63, 3.8) is 0 Å². The van der Waals surface area contributed by atoms with Crippen LogP contribution in [0, 0.1) is 11.8 Å². The summed E-state index contributed by atoms with van der Waals surface area (Å²) in [6, 6.07) is 12.3. The van der Waals surface area contributed by atoms with Crippen molar-refractivity contribution >= 4 is 33.3 Å². The van der Waals surface area contributed by atoms with E-state index in [0.717, 1.165) is 4.31 Å². The van der Waals surface area contributed by atoms with Crippen LogP contribution in [0.2, 0.25) is 5.02 Å². The number of fused-ring (bicyclic) bond motifs is 1.